The molecule has 0 saturated carbocycles. The lowest BCUT2D eigenvalue weighted by atomic mass is 10.0. The zero-order chi connectivity index (χ0) is 17.7. The molecule has 1 aromatic carbocycles. The largest absolute Gasteiger partial charge is 0.390 e. The second-order valence-electron chi connectivity index (χ2n) is 6.85. The van der Waals surface area contributed by atoms with Crippen LogP contribution in [0.5, 0.6) is 0 Å². The minimum atomic E-state index is -0.317. The number of halogens is 1. The van der Waals surface area contributed by atoms with Gasteiger partial charge in [0.15, 0.2) is 6.10 Å². The van der Waals surface area contributed by atoms with E-state index in [1.54, 1.807) is 23.1 Å². The number of hydrogen-bond donors (Lipinski definition) is 1. The zero-order valence-corrected chi connectivity index (χ0v) is 14.4. The highest BCUT2D eigenvalue weighted by atomic mass is 19.1. The first-order valence-corrected chi connectivity index (χ1v) is 7.95. The Morgan fingerprint density at radius 3 is 2.71 bits per heavy atom. The molecule has 0 spiro atoms. The van der Waals surface area contributed by atoms with Crippen molar-refractivity contribution in [1.29, 1.82) is 0 Å². The van der Waals surface area contributed by atoms with Gasteiger partial charge in [0, 0.05) is 18.5 Å². The molecule has 1 aliphatic heterocycles. The molecular formula is C18H24FN3O2. The molecule has 130 valence electrons. The maximum absolute atomic E-state index is 13.0. The molecule has 5 nitrogen and oxygen atoms in total. The van der Waals surface area contributed by atoms with Crippen molar-refractivity contribution in [2.75, 3.05) is 13.1 Å². The van der Waals surface area contributed by atoms with E-state index < -0.39 is 0 Å². The molecule has 0 radical (unpaired) electrons. The Morgan fingerprint density at radius 1 is 1.46 bits per heavy atom. The summed E-state index contributed by atoms with van der Waals surface area (Å²) in [6.45, 7) is 10.3. The highest BCUT2D eigenvalue weighted by Crippen LogP contribution is 2.18. The lowest BCUT2D eigenvalue weighted by Crippen LogP contribution is -2.50. The van der Waals surface area contributed by atoms with Crippen LogP contribution in [0.25, 0.3) is 0 Å². The quantitative estimate of drug-likeness (QED) is 0.841. The zero-order valence-electron chi connectivity index (χ0n) is 14.4. The Bertz CT molecular complexity index is 620. The molecule has 0 aromatic heterocycles. The first-order chi connectivity index (χ1) is 11.3. The molecule has 0 unspecified atom stereocenters. The molecule has 1 aromatic rings. The number of benzene rings is 1. The predicted octanol–water partition coefficient (Wildman–Crippen LogP) is 3.31. The predicted molar refractivity (Wildman–Crippen MR) is 92.5 cm³/mol. The van der Waals surface area contributed by atoms with E-state index >= 15 is 0 Å². The summed E-state index contributed by atoms with van der Waals surface area (Å²) in [5, 5.41) is 7.01. The molecule has 6 heteroatoms. The molecule has 1 heterocycles. The number of nitrogens with one attached hydrogen (secondary N) is 1. The maximum Gasteiger partial charge on any atom is 0.318 e. The SMILES string of the molecule is C=CCN(C[C@@H]1CC(c2ccc(F)cc2)=NO1)C(=O)NC(C)(C)C. The van der Waals surface area contributed by atoms with Gasteiger partial charge in [0.25, 0.3) is 0 Å². The van der Waals surface area contributed by atoms with Crippen molar-refractivity contribution in [3.8, 4) is 0 Å². The van der Waals surface area contributed by atoms with Crippen LogP contribution in [0.2, 0.25) is 0 Å². The third-order valence-electron chi connectivity index (χ3n) is 3.45. The maximum atomic E-state index is 13.0. The number of urea groups is 1. The standard InChI is InChI=1S/C18H24FN3O2/c1-5-10-22(17(23)20-18(2,3)4)12-15-11-16(21-24-15)13-6-8-14(19)9-7-13/h5-9,15H,1,10-12H2,2-4H3,(H,20,23)/t15-/m0/s1. The van der Waals surface area contributed by atoms with E-state index in [1.165, 1.54) is 12.1 Å². The van der Waals surface area contributed by atoms with E-state index in [4.69, 9.17) is 4.84 Å². The Hall–Kier alpha value is -2.37. The van der Waals surface area contributed by atoms with Crippen LogP contribution < -0.4 is 5.32 Å². The number of rotatable bonds is 5. The number of nitrogens with zero attached hydrogens (tertiary/aromatic N) is 2. The highest BCUT2D eigenvalue weighted by molar-refractivity contribution is 6.01. The van der Waals surface area contributed by atoms with Crippen molar-refractivity contribution < 1.29 is 14.0 Å². The Labute approximate surface area is 142 Å². The molecule has 1 N–H and O–H groups in total. The normalized spacial score (nSPS) is 17.0. The average Bonchev–Trinajstić information content (AvgIpc) is 2.94. The topological polar surface area (TPSA) is 53.9 Å². The van der Waals surface area contributed by atoms with Crippen LogP contribution in [-0.2, 0) is 4.84 Å². The summed E-state index contributed by atoms with van der Waals surface area (Å²) in [7, 11) is 0. The van der Waals surface area contributed by atoms with Crippen molar-refractivity contribution in [3.63, 3.8) is 0 Å². The molecule has 0 aliphatic carbocycles. The van der Waals surface area contributed by atoms with Gasteiger partial charge in [0.1, 0.15) is 5.82 Å². The van der Waals surface area contributed by atoms with Gasteiger partial charge in [-0.25, -0.2) is 9.18 Å². The van der Waals surface area contributed by atoms with E-state index in [2.05, 4.69) is 17.1 Å². The number of amides is 2. The van der Waals surface area contributed by atoms with Gasteiger partial charge >= 0.3 is 6.03 Å². The van der Waals surface area contributed by atoms with Crippen LogP contribution in [0.3, 0.4) is 0 Å². The minimum absolute atomic E-state index is 0.166. The number of carbonyl (C=O) groups excluding carboxylic acids is 1. The Balaban J connectivity index is 1.96. The van der Waals surface area contributed by atoms with Crippen molar-refractivity contribution in [1.82, 2.24) is 10.2 Å². The van der Waals surface area contributed by atoms with Crippen LogP contribution in [-0.4, -0.2) is 41.4 Å². The first-order valence-electron chi connectivity index (χ1n) is 7.95. The van der Waals surface area contributed by atoms with E-state index in [0.29, 0.717) is 19.5 Å². The van der Waals surface area contributed by atoms with Crippen LogP contribution in [0.4, 0.5) is 9.18 Å². The van der Waals surface area contributed by atoms with Crippen molar-refractivity contribution in [2.45, 2.75) is 38.8 Å². The van der Waals surface area contributed by atoms with Crippen LogP contribution in [0.15, 0.2) is 42.1 Å². The van der Waals surface area contributed by atoms with Crippen LogP contribution >= 0.6 is 0 Å². The summed E-state index contributed by atoms with van der Waals surface area (Å²) >= 11 is 0. The molecule has 0 saturated heterocycles. The minimum Gasteiger partial charge on any atom is -0.390 e. The molecule has 2 amide bonds. The van der Waals surface area contributed by atoms with Gasteiger partial charge in [0.05, 0.1) is 12.3 Å². The van der Waals surface area contributed by atoms with E-state index in [9.17, 15) is 9.18 Å². The molecule has 1 atom stereocenters. The summed E-state index contributed by atoms with van der Waals surface area (Å²) in [6.07, 6.45) is 2.02. The Morgan fingerprint density at radius 2 is 2.12 bits per heavy atom. The average molecular weight is 333 g/mol. The second kappa shape index (κ2) is 7.47. The molecule has 0 bridgehead atoms. The van der Waals surface area contributed by atoms with Gasteiger partial charge in [-0.2, -0.15) is 0 Å². The van der Waals surface area contributed by atoms with Gasteiger partial charge < -0.3 is 15.1 Å². The number of carbonyl (C=O) groups is 1. The van der Waals surface area contributed by atoms with E-state index in [0.717, 1.165) is 11.3 Å². The fraction of sp³-hybridized carbons (Fsp3) is 0.444. The monoisotopic (exact) mass is 333 g/mol. The summed E-state index contributed by atoms with van der Waals surface area (Å²) in [5.41, 5.74) is 1.27. The van der Waals surface area contributed by atoms with Crippen LogP contribution in [0, 0.1) is 5.82 Å². The van der Waals surface area contributed by atoms with E-state index in [-0.39, 0.29) is 23.5 Å². The first kappa shape index (κ1) is 18.0. The summed E-state index contributed by atoms with van der Waals surface area (Å²) < 4.78 is 13.0. The molecule has 24 heavy (non-hydrogen) atoms. The van der Waals surface area contributed by atoms with Crippen molar-refractivity contribution in [2.24, 2.45) is 5.16 Å². The van der Waals surface area contributed by atoms with Gasteiger partial charge in [-0.1, -0.05) is 23.4 Å². The second-order valence-corrected chi connectivity index (χ2v) is 6.85. The number of hydrogen-bond acceptors (Lipinski definition) is 3. The Kier molecular flexibility index (Phi) is 5.59. The van der Waals surface area contributed by atoms with Crippen molar-refractivity contribution >= 4 is 11.7 Å². The third-order valence-corrected chi connectivity index (χ3v) is 3.45. The molecule has 2 rings (SSSR count). The number of oxime groups is 1. The molecular weight excluding hydrogens is 309 g/mol. The summed E-state index contributed by atoms with van der Waals surface area (Å²) in [4.78, 5) is 19.4. The smallest absolute Gasteiger partial charge is 0.318 e. The summed E-state index contributed by atoms with van der Waals surface area (Å²) in [6, 6.07) is 5.97. The fourth-order valence-corrected chi connectivity index (χ4v) is 2.38. The summed E-state index contributed by atoms with van der Waals surface area (Å²) in [5.74, 6) is -0.286. The van der Waals surface area contributed by atoms with Gasteiger partial charge in [0.2, 0.25) is 0 Å². The molecule has 1 aliphatic rings. The fourth-order valence-electron chi connectivity index (χ4n) is 2.38. The van der Waals surface area contributed by atoms with Gasteiger partial charge in [-0.15, -0.1) is 6.58 Å². The van der Waals surface area contributed by atoms with Gasteiger partial charge in [-0.3, -0.25) is 0 Å². The van der Waals surface area contributed by atoms with Crippen LogP contribution in [0.1, 0.15) is 32.8 Å². The van der Waals surface area contributed by atoms with Crippen molar-refractivity contribution in [3.05, 3.63) is 48.3 Å². The lowest BCUT2D eigenvalue weighted by molar-refractivity contribution is 0.0621. The lowest BCUT2D eigenvalue weighted by Gasteiger charge is -2.28. The highest BCUT2D eigenvalue weighted by Gasteiger charge is 2.27. The van der Waals surface area contributed by atoms with E-state index in [1.807, 2.05) is 20.8 Å². The third kappa shape index (κ3) is 5.08. The molecule has 0 fully saturated rings. The van der Waals surface area contributed by atoms with Gasteiger partial charge in [-0.05, 0) is 38.5 Å².